The van der Waals surface area contributed by atoms with Gasteiger partial charge in [0, 0.05) is 61.8 Å². The van der Waals surface area contributed by atoms with Crippen molar-refractivity contribution < 1.29 is 0 Å². The monoisotopic (exact) mass is 368 g/mol. The Morgan fingerprint density at radius 1 is 1.07 bits per heavy atom. The molecule has 0 aromatic carbocycles. The van der Waals surface area contributed by atoms with E-state index in [0.717, 1.165) is 50.7 Å². The summed E-state index contributed by atoms with van der Waals surface area (Å²) in [6.45, 7) is 6.18. The Morgan fingerprint density at radius 3 is 2.52 bits per heavy atom. The highest BCUT2D eigenvalue weighted by Gasteiger charge is 2.27. The molecule has 6 heteroatoms. The van der Waals surface area contributed by atoms with Crippen molar-refractivity contribution in [2.45, 2.75) is 57.4 Å². The molecule has 4 rings (SSSR count). The fourth-order valence-corrected chi connectivity index (χ4v) is 4.15. The number of nitrogens with zero attached hydrogens (tertiary/aromatic N) is 6. The van der Waals surface area contributed by atoms with Crippen LogP contribution in [0.3, 0.4) is 0 Å². The van der Waals surface area contributed by atoms with Gasteiger partial charge in [-0.2, -0.15) is 0 Å². The number of aromatic nitrogens is 4. The van der Waals surface area contributed by atoms with Gasteiger partial charge in [-0.25, -0.2) is 15.0 Å². The molecule has 146 valence electrons. The maximum absolute atomic E-state index is 4.92. The summed E-state index contributed by atoms with van der Waals surface area (Å²) in [6.07, 6.45) is 10.2. The molecular formula is C21H32N6. The van der Waals surface area contributed by atoms with Gasteiger partial charge < -0.3 is 14.4 Å². The fourth-order valence-electron chi connectivity index (χ4n) is 4.15. The molecule has 0 atom stereocenters. The van der Waals surface area contributed by atoms with Gasteiger partial charge in [-0.05, 0) is 52.8 Å². The van der Waals surface area contributed by atoms with Crippen LogP contribution in [0.4, 0.5) is 5.95 Å². The minimum absolute atomic E-state index is 0.536. The summed E-state index contributed by atoms with van der Waals surface area (Å²) in [6, 6.07) is 2.18. The highest BCUT2D eigenvalue weighted by Crippen LogP contribution is 2.36. The molecule has 0 unspecified atom stereocenters. The SMILES string of the molecule is Cc1cc(C2CCC2)nc(N2CCC(c3nccn3CCN(C)C)CC2)n1. The zero-order chi connectivity index (χ0) is 18.8. The van der Waals surface area contributed by atoms with Gasteiger partial charge in [0.1, 0.15) is 5.82 Å². The second-order valence-electron chi connectivity index (χ2n) is 8.41. The van der Waals surface area contributed by atoms with E-state index in [4.69, 9.17) is 9.97 Å². The molecule has 1 aliphatic carbocycles. The van der Waals surface area contributed by atoms with Crippen molar-refractivity contribution in [1.82, 2.24) is 24.4 Å². The predicted octanol–water partition coefficient (Wildman–Crippen LogP) is 3.19. The normalized spacial score (nSPS) is 18.9. The first-order valence-electron chi connectivity index (χ1n) is 10.4. The van der Waals surface area contributed by atoms with E-state index >= 15 is 0 Å². The first-order chi connectivity index (χ1) is 13.1. The fraction of sp³-hybridized carbons (Fsp3) is 0.667. The van der Waals surface area contributed by atoms with E-state index in [9.17, 15) is 0 Å². The second-order valence-corrected chi connectivity index (χ2v) is 8.41. The van der Waals surface area contributed by atoms with E-state index in [1.54, 1.807) is 0 Å². The Labute approximate surface area is 162 Å². The summed E-state index contributed by atoms with van der Waals surface area (Å²) in [4.78, 5) is 18.9. The lowest BCUT2D eigenvalue weighted by Crippen LogP contribution is -2.35. The van der Waals surface area contributed by atoms with Gasteiger partial charge in [-0.3, -0.25) is 0 Å². The van der Waals surface area contributed by atoms with Gasteiger partial charge in [-0.15, -0.1) is 0 Å². The lowest BCUT2D eigenvalue weighted by Gasteiger charge is -2.33. The van der Waals surface area contributed by atoms with Crippen LogP contribution in [-0.4, -0.2) is 58.1 Å². The van der Waals surface area contributed by atoms with Crippen molar-refractivity contribution >= 4 is 5.95 Å². The largest absolute Gasteiger partial charge is 0.341 e. The predicted molar refractivity (Wildman–Crippen MR) is 108 cm³/mol. The third-order valence-corrected chi connectivity index (χ3v) is 6.06. The van der Waals surface area contributed by atoms with Gasteiger partial charge in [-0.1, -0.05) is 6.42 Å². The molecule has 27 heavy (non-hydrogen) atoms. The Morgan fingerprint density at radius 2 is 1.85 bits per heavy atom. The molecule has 2 aromatic heterocycles. The molecule has 2 aromatic rings. The Kier molecular flexibility index (Phi) is 5.43. The van der Waals surface area contributed by atoms with E-state index in [1.807, 2.05) is 6.20 Å². The molecule has 1 aliphatic heterocycles. The number of piperidine rings is 1. The molecule has 0 amide bonds. The third-order valence-electron chi connectivity index (χ3n) is 6.06. The van der Waals surface area contributed by atoms with Crippen LogP contribution in [0.5, 0.6) is 0 Å². The van der Waals surface area contributed by atoms with E-state index in [-0.39, 0.29) is 0 Å². The first kappa shape index (κ1) is 18.4. The van der Waals surface area contributed by atoms with Crippen LogP contribution in [0.15, 0.2) is 18.5 Å². The summed E-state index contributed by atoms with van der Waals surface area (Å²) in [5.41, 5.74) is 2.35. The molecule has 0 N–H and O–H groups in total. The minimum Gasteiger partial charge on any atom is -0.341 e. The van der Waals surface area contributed by atoms with E-state index in [1.165, 1.54) is 30.8 Å². The number of anilines is 1. The zero-order valence-corrected chi connectivity index (χ0v) is 16.9. The Bertz CT molecular complexity index is 756. The quantitative estimate of drug-likeness (QED) is 0.784. The van der Waals surface area contributed by atoms with Crippen molar-refractivity contribution in [3.8, 4) is 0 Å². The van der Waals surface area contributed by atoms with Crippen LogP contribution >= 0.6 is 0 Å². The first-order valence-corrected chi connectivity index (χ1v) is 10.4. The number of rotatable bonds is 6. The number of imidazole rings is 1. The van der Waals surface area contributed by atoms with E-state index in [2.05, 4.69) is 52.6 Å². The number of aryl methyl sites for hydroxylation is 1. The van der Waals surface area contributed by atoms with Crippen LogP contribution < -0.4 is 4.90 Å². The highest BCUT2D eigenvalue weighted by atomic mass is 15.3. The number of likely N-dealkylation sites (N-methyl/N-ethyl adjacent to an activating group) is 1. The summed E-state index contributed by atoms with van der Waals surface area (Å²) >= 11 is 0. The highest BCUT2D eigenvalue weighted by molar-refractivity contribution is 5.34. The molecule has 0 radical (unpaired) electrons. The molecule has 0 spiro atoms. The molecular weight excluding hydrogens is 336 g/mol. The standard InChI is InChI=1S/C21H32N6/c1-16-15-19(17-5-4-6-17)24-21(23-16)27-10-7-18(8-11-27)20-22-9-12-26(20)14-13-25(2)3/h9,12,15,17-18H,4-8,10-11,13-14H2,1-3H3. The Hall–Kier alpha value is -1.95. The van der Waals surface area contributed by atoms with Crippen LogP contribution in [0.2, 0.25) is 0 Å². The number of hydrogen-bond acceptors (Lipinski definition) is 5. The van der Waals surface area contributed by atoms with Gasteiger partial charge in [0.2, 0.25) is 5.95 Å². The Balaban J connectivity index is 1.41. The van der Waals surface area contributed by atoms with Crippen LogP contribution in [0.1, 0.15) is 61.2 Å². The van der Waals surface area contributed by atoms with Gasteiger partial charge in [0.05, 0.1) is 0 Å². The third kappa shape index (κ3) is 4.15. The zero-order valence-electron chi connectivity index (χ0n) is 16.9. The summed E-state index contributed by atoms with van der Waals surface area (Å²) in [5.74, 6) is 3.38. The molecule has 1 saturated carbocycles. The lowest BCUT2D eigenvalue weighted by atomic mass is 9.82. The molecule has 2 fully saturated rings. The summed E-state index contributed by atoms with van der Waals surface area (Å²) in [5, 5.41) is 0. The molecule has 3 heterocycles. The van der Waals surface area contributed by atoms with E-state index < -0.39 is 0 Å². The molecule has 0 bridgehead atoms. The second kappa shape index (κ2) is 7.97. The van der Waals surface area contributed by atoms with E-state index in [0.29, 0.717) is 11.8 Å². The van der Waals surface area contributed by atoms with Gasteiger partial charge >= 0.3 is 0 Å². The van der Waals surface area contributed by atoms with Crippen molar-refractivity contribution in [3.05, 3.63) is 35.7 Å². The van der Waals surface area contributed by atoms with Gasteiger partial charge in [0.15, 0.2) is 0 Å². The topological polar surface area (TPSA) is 50.1 Å². The van der Waals surface area contributed by atoms with Crippen LogP contribution in [0.25, 0.3) is 0 Å². The van der Waals surface area contributed by atoms with Crippen LogP contribution in [-0.2, 0) is 6.54 Å². The maximum Gasteiger partial charge on any atom is 0.225 e. The maximum atomic E-state index is 4.92. The molecule has 6 nitrogen and oxygen atoms in total. The van der Waals surface area contributed by atoms with Crippen molar-refractivity contribution in [2.75, 3.05) is 38.6 Å². The smallest absolute Gasteiger partial charge is 0.225 e. The van der Waals surface area contributed by atoms with Crippen molar-refractivity contribution in [3.63, 3.8) is 0 Å². The average Bonchev–Trinajstić information content (AvgIpc) is 3.07. The minimum atomic E-state index is 0.536. The average molecular weight is 369 g/mol. The summed E-state index contributed by atoms with van der Waals surface area (Å²) in [7, 11) is 4.24. The van der Waals surface area contributed by atoms with Crippen LogP contribution in [0, 0.1) is 6.92 Å². The number of hydrogen-bond donors (Lipinski definition) is 0. The van der Waals surface area contributed by atoms with Gasteiger partial charge in [0.25, 0.3) is 0 Å². The molecule has 2 aliphatic rings. The summed E-state index contributed by atoms with van der Waals surface area (Å²) < 4.78 is 2.33. The molecule has 1 saturated heterocycles. The van der Waals surface area contributed by atoms with Crippen molar-refractivity contribution in [1.29, 1.82) is 0 Å². The lowest BCUT2D eigenvalue weighted by molar-refractivity contribution is 0.372. The van der Waals surface area contributed by atoms with Crippen molar-refractivity contribution in [2.24, 2.45) is 0 Å².